The molecular weight excluding hydrogens is 278 g/mol. The van der Waals surface area contributed by atoms with Gasteiger partial charge in [-0.3, -0.25) is 4.79 Å². The maximum atomic E-state index is 10.4. The van der Waals surface area contributed by atoms with E-state index in [1.54, 1.807) is 26.0 Å². The van der Waals surface area contributed by atoms with E-state index in [0.29, 0.717) is 31.0 Å². The van der Waals surface area contributed by atoms with E-state index in [2.05, 4.69) is 5.32 Å². The molecule has 0 aliphatic heterocycles. The molecule has 0 atom stereocenters. The van der Waals surface area contributed by atoms with Gasteiger partial charge in [-0.25, -0.2) is 0 Å². The van der Waals surface area contributed by atoms with Crippen LogP contribution in [0, 0.1) is 0 Å². The number of thioether (sulfide) groups is 1. The van der Waals surface area contributed by atoms with Gasteiger partial charge < -0.3 is 19.9 Å². The van der Waals surface area contributed by atoms with Crippen molar-refractivity contribution in [2.45, 2.75) is 24.3 Å². The Kier molecular flexibility index (Phi) is 7.25. The second kappa shape index (κ2) is 8.71. The summed E-state index contributed by atoms with van der Waals surface area (Å²) in [5.74, 6) is 0.654. The number of carbonyl (C=O) groups is 1. The minimum absolute atomic E-state index is 0.189. The van der Waals surface area contributed by atoms with Gasteiger partial charge in [-0.15, -0.1) is 11.8 Å². The molecule has 0 saturated carbocycles. The van der Waals surface area contributed by atoms with Crippen molar-refractivity contribution in [3.05, 3.63) is 17.7 Å². The second-order valence-corrected chi connectivity index (χ2v) is 5.04. The maximum absolute atomic E-state index is 10.4. The molecule has 0 bridgehead atoms. The summed E-state index contributed by atoms with van der Waals surface area (Å²) in [5.41, 5.74) is 1.12. The van der Waals surface area contributed by atoms with E-state index in [9.17, 15) is 4.79 Å². The Hall–Kier alpha value is -1.40. The van der Waals surface area contributed by atoms with Crippen LogP contribution in [0.25, 0.3) is 0 Å². The van der Waals surface area contributed by atoms with Gasteiger partial charge in [-0.1, -0.05) is 0 Å². The first-order valence-corrected chi connectivity index (χ1v) is 7.56. The fourth-order valence-electron chi connectivity index (χ4n) is 1.82. The summed E-state index contributed by atoms with van der Waals surface area (Å²) < 4.78 is 10.6. The molecular formula is C14H21NO4S. The second-order valence-electron chi connectivity index (χ2n) is 4.19. The molecule has 1 aromatic rings. The highest BCUT2D eigenvalue weighted by atomic mass is 32.2. The summed E-state index contributed by atoms with van der Waals surface area (Å²) in [6.45, 7) is 1.35. The van der Waals surface area contributed by atoms with E-state index in [0.717, 1.165) is 10.5 Å². The predicted octanol–water partition coefficient (Wildman–Crippen LogP) is 2.38. The first-order valence-electron chi connectivity index (χ1n) is 6.33. The van der Waals surface area contributed by atoms with Crippen molar-refractivity contribution in [3.8, 4) is 11.5 Å². The molecule has 0 heterocycles. The van der Waals surface area contributed by atoms with Gasteiger partial charge in [0.2, 0.25) is 0 Å². The lowest BCUT2D eigenvalue weighted by Crippen LogP contribution is -2.16. The van der Waals surface area contributed by atoms with Crippen molar-refractivity contribution in [2.24, 2.45) is 0 Å². The quantitative estimate of drug-likeness (QED) is 0.539. The summed E-state index contributed by atoms with van der Waals surface area (Å²) in [7, 11) is 3.23. The Balaban J connectivity index is 2.66. The summed E-state index contributed by atoms with van der Waals surface area (Å²) in [4.78, 5) is 11.5. The minimum atomic E-state index is -0.761. The van der Waals surface area contributed by atoms with Crippen LogP contribution in [0.2, 0.25) is 0 Å². The molecule has 5 nitrogen and oxygen atoms in total. The van der Waals surface area contributed by atoms with Crippen molar-refractivity contribution in [3.63, 3.8) is 0 Å². The van der Waals surface area contributed by atoms with E-state index in [1.165, 1.54) is 0 Å². The first kappa shape index (κ1) is 16.7. The highest BCUT2D eigenvalue weighted by molar-refractivity contribution is 7.98. The van der Waals surface area contributed by atoms with Gasteiger partial charge >= 0.3 is 5.97 Å². The number of aliphatic carboxylic acids is 1. The summed E-state index contributed by atoms with van der Waals surface area (Å²) in [6.07, 6.45) is 2.82. The highest BCUT2D eigenvalue weighted by Crippen LogP contribution is 2.34. The van der Waals surface area contributed by atoms with E-state index in [4.69, 9.17) is 14.6 Å². The molecule has 20 heavy (non-hydrogen) atoms. The van der Waals surface area contributed by atoms with Gasteiger partial charge in [0.15, 0.2) is 11.5 Å². The predicted molar refractivity (Wildman–Crippen MR) is 79.9 cm³/mol. The van der Waals surface area contributed by atoms with Crippen molar-refractivity contribution in [1.82, 2.24) is 5.32 Å². The third kappa shape index (κ3) is 4.94. The van der Waals surface area contributed by atoms with Gasteiger partial charge in [0.1, 0.15) is 0 Å². The molecule has 0 aliphatic carbocycles. The molecule has 0 radical (unpaired) electrons. The largest absolute Gasteiger partial charge is 0.493 e. The Bertz CT molecular complexity index is 451. The van der Waals surface area contributed by atoms with Crippen molar-refractivity contribution in [2.75, 3.05) is 27.0 Å². The van der Waals surface area contributed by atoms with Gasteiger partial charge in [-0.2, -0.15) is 0 Å². The van der Waals surface area contributed by atoms with Crippen LogP contribution in [0.3, 0.4) is 0 Å². The average Bonchev–Trinajstić information content (AvgIpc) is 2.45. The summed E-state index contributed by atoms with van der Waals surface area (Å²) in [5, 5.41) is 11.8. The number of rotatable bonds is 9. The monoisotopic (exact) mass is 299 g/mol. The Morgan fingerprint density at radius 3 is 2.50 bits per heavy atom. The summed E-state index contributed by atoms with van der Waals surface area (Å²) >= 11 is 1.64. The van der Waals surface area contributed by atoms with Gasteiger partial charge in [0, 0.05) is 17.9 Å². The average molecular weight is 299 g/mol. The van der Waals surface area contributed by atoms with Crippen molar-refractivity contribution >= 4 is 17.7 Å². The molecule has 0 fully saturated rings. The van der Waals surface area contributed by atoms with Crippen molar-refractivity contribution in [1.29, 1.82) is 0 Å². The van der Waals surface area contributed by atoms with Gasteiger partial charge in [-0.05, 0) is 36.9 Å². The topological polar surface area (TPSA) is 67.8 Å². The lowest BCUT2D eigenvalue weighted by Gasteiger charge is -2.14. The molecule has 0 aliphatic rings. The SMILES string of the molecule is COc1cc(CNCCCC(=O)O)c(SC)cc1OC. The zero-order valence-electron chi connectivity index (χ0n) is 12.1. The van der Waals surface area contributed by atoms with E-state index >= 15 is 0 Å². The number of benzene rings is 1. The van der Waals surface area contributed by atoms with Crippen molar-refractivity contribution < 1.29 is 19.4 Å². The number of nitrogens with one attached hydrogen (secondary N) is 1. The number of hydrogen-bond acceptors (Lipinski definition) is 5. The fourth-order valence-corrected chi connectivity index (χ4v) is 2.44. The zero-order chi connectivity index (χ0) is 15.0. The van der Waals surface area contributed by atoms with Crippen LogP contribution in [-0.4, -0.2) is 38.1 Å². The fraction of sp³-hybridized carbons (Fsp3) is 0.500. The molecule has 0 unspecified atom stereocenters. The number of carboxylic acids is 1. The van der Waals surface area contributed by atoms with Crippen LogP contribution in [0.4, 0.5) is 0 Å². The molecule has 0 spiro atoms. The van der Waals surface area contributed by atoms with Crippen LogP contribution in [0.5, 0.6) is 11.5 Å². The number of methoxy groups -OCH3 is 2. The number of hydrogen-bond donors (Lipinski definition) is 2. The minimum Gasteiger partial charge on any atom is -0.493 e. The Morgan fingerprint density at radius 1 is 1.30 bits per heavy atom. The van der Waals surface area contributed by atoms with E-state index in [-0.39, 0.29) is 6.42 Å². The third-order valence-corrected chi connectivity index (χ3v) is 3.67. The first-order chi connectivity index (χ1) is 9.62. The van der Waals surface area contributed by atoms with E-state index < -0.39 is 5.97 Å². The maximum Gasteiger partial charge on any atom is 0.303 e. The zero-order valence-corrected chi connectivity index (χ0v) is 12.9. The lowest BCUT2D eigenvalue weighted by atomic mass is 10.2. The molecule has 6 heteroatoms. The molecule has 0 amide bonds. The highest BCUT2D eigenvalue weighted by Gasteiger charge is 2.10. The van der Waals surface area contributed by atoms with Gasteiger partial charge in [0.05, 0.1) is 14.2 Å². The number of ether oxygens (including phenoxy) is 2. The molecule has 0 saturated heterocycles. The standard InChI is InChI=1S/C14H21NO4S/c1-18-11-7-10(9-15-6-4-5-14(16)17)13(20-3)8-12(11)19-2/h7-8,15H,4-6,9H2,1-3H3,(H,16,17). The normalized spacial score (nSPS) is 10.3. The van der Waals surface area contributed by atoms with Crippen LogP contribution >= 0.6 is 11.8 Å². The molecule has 1 aromatic carbocycles. The Morgan fingerprint density at radius 2 is 1.95 bits per heavy atom. The molecule has 1 rings (SSSR count). The lowest BCUT2D eigenvalue weighted by molar-refractivity contribution is -0.137. The van der Waals surface area contributed by atoms with Crippen LogP contribution in [0.15, 0.2) is 17.0 Å². The smallest absolute Gasteiger partial charge is 0.303 e. The molecule has 0 aromatic heterocycles. The molecule has 112 valence electrons. The summed E-state index contributed by atoms with van der Waals surface area (Å²) in [6, 6.07) is 3.91. The van der Waals surface area contributed by atoms with Crippen LogP contribution < -0.4 is 14.8 Å². The Labute approximate surface area is 123 Å². The van der Waals surface area contributed by atoms with Gasteiger partial charge in [0.25, 0.3) is 0 Å². The number of carboxylic acid groups (broad SMARTS) is 1. The van der Waals surface area contributed by atoms with Crippen LogP contribution in [0.1, 0.15) is 18.4 Å². The third-order valence-electron chi connectivity index (χ3n) is 2.85. The van der Waals surface area contributed by atoms with E-state index in [1.807, 2.05) is 18.4 Å². The van der Waals surface area contributed by atoms with Crippen LogP contribution in [-0.2, 0) is 11.3 Å². The molecule has 2 N–H and O–H groups in total.